The van der Waals surface area contributed by atoms with Gasteiger partial charge in [0.15, 0.2) is 11.6 Å². The molecule has 0 spiro atoms. The molecule has 3 saturated heterocycles. The number of morpholine rings is 1. The third kappa shape index (κ3) is 5.32. The van der Waals surface area contributed by atoms with Crippen LogP contribution in [-0.2, 0) is 19.9 Å². The van der Waals surface area contributed by atoms with Crippen LogP contribution in [0.2, 0.25) is 0 Å². The van der Waals surface area contributed by atoms with Gasteiger partial charge in [0.2, 0.25) is 5.91 Å². The van der Waals surface area contributed by atoms with Gasteiger partial charge in [-0.3, -0.25) is 14.5 Å². The fourth-order valence-electron chi connectivity index (χ4n) is 6.15. The zero-order valence-corrected chi connectivity index (χ0v) is 21.7. The average Bonchev–Trinajstić information content (AvgIpc) is 2.96. The Bertz CT molecular complexity index is 1140. The van der Waals surface area contributed by atoms with Crippen LogP contribution in [0.4, 0.5) is 14.5 Å². The van der Waals surface area contributed by atoms with Gasteiger partial charge in [0, 0.05) is 12.2 Å². The van der Waals surface area contributed by atoms with E-state index in [0.29, 0.717) is 17.7 Å². The first kappa shape index (κ1) is 26.7. The summed E-state index contributed by atoms with van der Waals surface area (Å²) in [5, 5.41) is 6.54. The van der Waals surface area contributed by atoms with Gasteiger partial charge in [-0.25, -0.2) is 8.78 Å². The molecule has 0 bridgehead atoms. The molecular formula is C29H36F2N4O3. The van der Waals surface area contributed by atoms with Crippen LogP contribution in [0, 0.1) is 11.6 Å². The Labute approximate surface area is 222 Å². The fraction of sp³-hybridized carbons (Fsp3) is 0.517. The van der Waals surface area contributed by atoms with E-state index < -0.39 is 22.8 Å². The van der Waals surface area contributed by atoms with Crippen molar-refractivity contribution in [3.63, 3.8) is 0 Å². The molecule has 0 aromatic heterocycles. The summed E-state index contributed by atoms with van der Waals surface area (Å²) in [4.78, 5) is 30.5. The van der Waals surface area contributed by atoms with Crippen molar-refractivity contribution in [3.8, 4) is 0 Å². The Kier molecular flexibility index (Phi) is 8.07. The second-order valence-electron chi connectivity index (χ2n) is 10.6. The molecule has 38 heavy (non-hydrogen) atoms. The molecule has 3 heterocycles. The molecule has 1 atom stereocenters. The first-order valence-corrected chi connectivity index (χ1v) is 13.6. The van der Waals surface area contributed by atoms with E-state index in [-0.39, 0.29) is 31.5 Å². The van der Waals surface area contributed by atoms with Gasteiger partial charge in [0.25, 0.3) is 5.91 Å². The molecule has 0 aliphatic carbocycles. The number of nitrogens with one attached hydrogen (secondary N) is 2. The minimum atomic E-state index is -1.11. The lowest BCUT2D eigenvalue weighted by Gasteiger charge is -2.47. The number of hydrogen-bond donors (Lipinski definition) is 2. The fourth-order valence-corrected chi connectivity index (χ4v) is 6.15. The predicted octanol–water partition coefficient (Wildman–Crippen LogP) is 3.34. The van der Waals surface area contributed by atoms with E-state index in [1.807, 2.05) is 30.3 Å². The van der Waals surface area contributed by atoms with E-state index in [0.717, 1.165) is 64.0 Å². The van der Waals surface area contributed by atoms with Crippen molar-refractivity contribution in [2.45, 2.75) is 49.7 Å². The number of anilines is 1. The highest BCUT2D eigenvalue weighted by Gasteiger charge is 2.46. The zero-order valence-electron chi connectivity index (χ0n) is 21.7. The van der Waals surface area contributed by atoms with Gasteiger partial charge in [-0.1, -0.05) is 30.7 Å². The van der Waals surface area contributed by atoms with Gasteiger partial charge < -0.3 is 20.3 Å². The first-order chi connectivity index (χ1) is 18.4. The third-order valence-electron chi connectivity index (χ3n) is 8.33. The number of halogens is 2. The number of benzene rings is 2. The van der Waals surface area contributed by atoms with Crippen molar-refractivity contribution in [1.29, 1.82) is 0 Å². The van der Waals surface area contributed by atoms with Crippen LogP contribution < -0.4 is 15.5 Å². The van der Waals surface area contributed by atoms with E-state index in [9.17, 15) is 18.4 Å². The first-order valence-electron chi connectivity index (χ1n) is 13.6. The molecular weight excluding hydrogens is 490 g/mol. The summed E-state index contributed by atoms with van der Waals surface area (Å²) >= 11 is 0. The molecule has 3 aliphatic heterocycles. The molecule has 5 rings (SSSR count). The number of nitrogens with zero attached hydrogens (tertiary/aromatic N) is 2. The van der Waals surface area contributed by atoms with Crippen LogP contribution in [0.1, 0.15) is 44.1 Å². The third-order valence-corrected chi connectivity index (χ3v) is 8.33. The van der Waals surface area contributed by atoms with Gasteiger partial charge in [-0.2, -0.15) is 0 Å². The Morgan fingerprint density at radius 1 is 1.00 bits per heavy atom. The summed E-state index contributed by atoms with van der Waals surface area (Å²) < 4.78 is 34.3. The van der Waals surface area contributed by atoms with Crippen LogP contribution in [0.5, 0.6) is 0 Å². The normalized spacial score (nSPS) is 24.3. The molecule has 0 unspecified atom stereocenters. The van der Waals surface area contributed by atoms with Crippen molar-refractivity contribution in [2.24, 2.45) is 0 Å². The van der Waals surface area contributed by atoms with E-state index in [1.54, 1.807) is 4.90 Å². The number of para-hydroxylation sites is 1. The second kappa shape index (κ2) is 11.5. The number of amides is 2. The second-order valence-corrected chi connectivity index (χ2v) is 10.6. The largest absolute Gasteiger partial charge is 0.359 e. The maximum Gasteiger partial charge on any atom is 0.253 e. The number of rotatable bonds is 7. The summed E-state index contributed by atoms with van der Waals surface area (Å²) in [6.45, 7) is 3.62. The van der Waals surface area contributed by atoms with Crippen LogP contribution in [-0.4, -0.2) is 68.1 Å². The highest BCUT2D eigenvalue weighted by Crippen LogP contribution is 2.36. The summed E-state index contributed by atoms with van der Waals surface area (Å²) in [7, 11) is 0. The van der Waals surface area contributed by atoms with Gasteiger partial charge in [-0.05, 0) is 88.1 Å². The summed E-state index contributed by atoms with van der Waals surface area (Å²) in [6.07, 6.45) is 5.18. The number of ether oxygens (including phenoxy) is 1. The Hall–Kier alpha value is -2.88. The number of carbonyl (C=O) groups excluding carboxylic acids is 2. The molecule has 2 aromatic carbocycles. The van der Waals surface area contributed by atoms with Gasteiger partial charge in [-0.15, -0.1) is 0 Å². The molecule has 2 amide bonds. The average molecular weight is 527 g/mol. The molecule has 3 aliphatic rings. The zero-order chi connectivity index (χ0) is 26.6. The standard InChI is InChI=1S/C29H36F2N4O3/c30-24-10-9-22(19-25(24)31)29(21-35(26(36)20-38-29)23-7-3-1-4-8-23)13-16-33-27(37)28(11-14-32-15-12-28)34-17-5-2-6-18-34/h1,3-4,7-10,19,32H,2,5-6,11-18,20-21H2,(H,33,37)/t29-/m0/s1. The Morgan fingerprint density at radius 3 is 2.45 bits per heavy atom. The van der Waals surface area contributed by atoms with Gasteiger partial charge in [0.05, 0.1) is 6.54 Å². The van der Waals surface area contributed by atoms with Gasteiger partial charge in [0.1, 0.15) is 17.7 Å². The molecule has 3 fully saturated rings. The summed E-state index contributed by atoms with van der Waals surface area (Å²) in [6, 6.07) is 12.9. The van der Waals surface area contributed by atoms with E-state index in [4.69, 9.17) is 4.74 Å². The van der Waals surface area contributed by atoms with Crippen LogP contribution >= 0.6 is 0 Å². The quantitative estimate of drug-likeness (QED) is 0.579. The summed E-state index contributed by atoms with van der Waals surface area (Å²) in [5.41, 5.74) is -0.514. The van der Waals surface area contributed by atoms with Crippen LogP contribution in [0.3, 0.4) is 0 Å². The van der Waals surface area contributed by atoms with E-state index in [2.05, 4.69) is 15.5 Å². The maximum atomic E-state index is 14.4. The predicted molar refractivity (Wildman–Crippen MR) is 141 cm³/mol. The molecule has 204 valence electrons. The van der Waals surface area contributed by atoms with Crippen LogP contribution in [0.25, 0.3) is 0 Å². The molecule has 9 heteroatoms. The van der Waals surface area contributed by atoms with Crippen molar-refractivity contribution in [3.05, 3.63) is 65.7 Å². The molecule has 0 saturated carbocycles. The monoisotopic (exact) mass is 526 g/mol. The number of piperidine rings is 2. The molecule has 7 nitrogen and oxygen atoms in total. The van der Waals surface area contributed by atoms with Crippen molar-refractivity contribution >= 4 is 17.5 Å². The lowest BCUT2D eigenvalue weighted by Crippen LogP contribution is -2.64. The molecule has 2 N–H and O–H groups in total. The van der Waals surface area contributed by atoms with Crippen LogP contribution in [0.15, 0.2) is 48.5 Å². The topological polar surface area (TPSA) is 73.9 Å². The van der Waals surface area contributed by atoms with E-state index in [1.165, 1.54) is 12.5 Å². The highest BCUT2D eigenvalue weighted by atomic mass is 19.2. The van der Waals surface area contributed by atoms with Crippen molar-refractivity contribution < 1.29 is 23.1 Å². The highest BCUT2D eigenvalue weighted by molar-refractivity contribution is 5.95. The molecule has 0 radical (unpaired) electrons. The maximum absolute atomic E-state index is 14.4. The van der Waals surface area contributed by atoms with Crippen molar-refractivity contribution in [1.82, 2.24) is 15.5 Å². The summed E-state index contributed by atoms with van der Waals surface area (Å²) in [5.74, 6) is -2.12. The lowest BCUT2D eigenvalue weighted by atomic mass is 9.83. The van der Waals surface area contributed by atoms with E-state index >= 15 is 0 Å². The number of carbonyl (C=O) groups is 2. The minimum Gasteiger partial charge on any atom is -0.359 e. The Balaban J connectivity index is 1.38. The SMILES string of the molecule is O=C1CO[C@](CCNC(=O)C2(N3CCCCC3)CCNCC2)(c2ccc(F)c(F)c2)CN1c1ccccc1. The smallest absolute Gasteiger partial charge is 0.253 e. The minimum absolute atomic E-state index is 0.00754. The Morgan fingerprint density at radius 2 is 1.74 bits per heavy atom. The van der Waals surface area contributed by atoms with Crippen molar-refractivity contribution in [2.75, 3.05) is 50.8 Å². The molecule has 2 aromatic rings. The number of hydrogen-bond acceptors (Lipinski definition) is 5. The lowest BCUT2D eigenvalue weighted by molar-refractivity contribution is -0.142. The van der Waals surface area contributed by atoms with Gasteiger partial charge >= 0.3 is 0 Å². The number of likely N-dealkylation sites (tertiary alicyclic amines) is 1.